The van der Waals surface area contributed by atoms with E-state index in [9.17, 15) is 13.2 Å². The number of nitrogens with zero attached hydrogens (tertiary/aromatic N) is 4. The Morgan fingerprint density at radius 1 is 0.737 bits per heavy atom. The number of aromatic nitrogens is 6. The molecule has 57 heavy (non-hydrogen) atoms. The minimum Gasteiger partial charge on any atom is -0.492 e. The van der Waals surface area contributed by atoms with E-state index in [0.29, 0.717) is 58.9 Å². The number of ether oxygens (including phenoxy) is 3. The number of hydrogen-bond acceptors (Lipinski definition) is 12. The van der Waals surface area contributed by atoms with Crippen molar-refractivity contribution in [3.05, 3.63) is 93.4 Å². The van der Waals surface area contributed by atoms with Gasteiger partial charge < -0.3 is 41.6 Å². The number of alkyl halides is 3. The molecule has 20 heteroatoms. The molecule has 1 aliphatic rings. The standard InChI is InChI=1S/C20H20ClF3N6O.C17H17Cl2N5O2/c21-16-9-13(27-19-28-18(25)29-30-19)8-15(20(22,23)24)17(16)11-3-5-14(6-4-11)31-10-12-2-1-7-26-12;1-25-6-7-26-12-4-2-10(3-5-12)15-13(18)8-11(9-14(15)19)21-17-22-16(20)23-24-17/h3-6,8-9,12,26H,1-2,7,10H2,(H4,25,27,28,29,30);2-5,8-9H,6-7H2,1H3,(H4,20,21,22,23,24)/t12-;/m1./s1. The molecular formula is C37H37Cl3F3N11O3. The highest BCUT2D eigenvalue weighted by atomic mass is 35.5. The van der Waals surface area contributed by atoms with E-state index in [2.05, 4.69) is 46.3 Å². The summed E-state index contributed by atoms with van der Waals surface area (Å²) in [5.74, 6) is 1.95. The highest BCUT2D eigenvalue weighted by Gasteiger charge is 2.35. The molecule has 1 saturated heterocycles. The van der Waals surface area contributed by atoms with Crippen molar-refractivity contribution in [3.63, 3.8) is 0 Å². The van der Waals surface area contributed by atoms with Gasteiger partial charge in [-0.15, -0.1) is 10.2 Å². The van der Waals surface area contributed by atoms with Gasteiger partial charge in [0.2, 0.25) is 23.8 Å². The minimum absolute atomic E-state index is 0.0345. The maximum Gasteiger partial charge on any atom is 0.417 e. The van der Waals surface area contributed by atoms with Crippen molar-refractivity contribution in [2.45, 2.75) is 25.1 Å². The highest BCUT2D eigenvalue weighted by Crippen LogP contribution is 2.44. The van der Waals surface area contributed by atoms with Crippen LogP contribution in [0.25, 0.3) is 22.3 Å². The van der Waals surface area contributed by atoms with Crippen molar-refractivity contribution in [1.29, 1.82) is 0 Å². The van der Waals surface area contributed by atoms with Crippen LogP contribution in [0.4, 0.5) is 48.3 Å². The third kappa shape index (κ3) is 11.1. The fourth-order valence-corrected chi connectivity index (χ4v) is 6.84. The molecule has 2 aromatic heterocycles. The molecule has 0 saturated carbocycles. The first-order valence-corrected chi connectivity index (χ1v) is 18.5. The zero-order valence-electron chi connectivity index (χ0n) is 30.2. The lowest BCUT2D eigenvalue weighted by molar-refractivity contribution is -0.137. The third-order valence-corrected chi connectivity index (χ3v) is 9.31. The summed E-state index contributed by atoms with van der Waals surface area (Å²) in [6.07, 6.45) is -2.47. The van der Waals surface area contributed by atoms with Crippen LogP contribution < -0.4 is 36.9 Å². The van der Waals surface area contributed by atoms with Gasteiger partial charge in [-0.3, -0.25) is 0 Å². The van der Waals surface area contributed by atoms with E-state index in [0.717, 1.165) is 42.3 Å². The van der Waals surface area contributed by atoms with E-state index >= 15 is 0 Å². The van der Waals surface area contributed by atoms with Gasteiger partial charge >= 0.3 is 6.18 Å². The Morgan fingerprint density at radius 2 is 1.25 bits per heavy atom. The van der Waals surface area contributed by atoms with Crippen LogP contribution in [-0.4, -0.2) is 69.9 Å². The van der Waals surface area contributed by atoms with E-state index in [4.69, 9.17) is 60.5 Å². The van der Waals surface area contributed by atoms with Crippen LogP contribution in [0.5, 0.6) is 11.5 Å². The molecule has 1 fully saturated rings. The summed E-state index contributed by atoms with van der Waals surface area (Å²) in [6, 6.07) is 20.1. The molecule has 1 atom stereocenters. The molecule has 4 aromatic carbocycles. The summed E-state index contributed by atoms with van der Waals surface area (Å²) < 4.78 is 57.8. The number of H-pyrrole nitrogens is 2. The van der Waals surface area contributed by atoms with E-state index in [1.807, 2.05) is 24.3 Å². The number of hydrogen-bond donors (Lipinski definition) is 7. The third-order valence-electron chi connectivity index (χ3n) is 8.41. The SMILES string of the molecule is COCCOc1ccc(-c2c(Cl)cc(Nc3n[nH]c(N)n3)cc2Cl)cc1.Nc1nc(Nc2cc(Cl)c(-c3ccc(OC[C@H]4CCCN4)cc3)c(C(F)(F)F)c2)n[nH]1. The molecule has 7 rings (SSSR count). The summed E-state index contributed by atoms with van der Waals surface area (Å²) >= 11 is 19.2. The van der Waals surface area contributed by atoms with Crippen LogP contribution in [0.3, 0.4) is 0 Å². The van der Waals surface area contributed by atoms with Crippen molar-refractivity contribution >= 4 is 70.0 Å². The highest BCUT2D eigenvalue weighted by molar-refractivity contribution is 6.39. The summed E-state index contributed by atoms with van der Waals surface area (Å²) in [4.78, 5) is 7.80. The lowest BCUT2D eigenvalue weighted by Crippen LogP contribution is -2.28. The second-order valence-corrected chi connectivity index (χ2v) is 13.7. The molecule has 0 spiro atoms. The maximum absolute atomic E-state index is 13.8. The number of nitrogens with two attached hydrogens (primary N) is 2. The number of anilines is 6. The normalized spacial score (nSPS) is 13.8. The molecule has 0 unspecified atom stereocenters. The number of nitrogens with one attached hydrogen (secondary N) is 5. The lowest BCUT2D eigenvalue weighted by Gasteiger charge is -2.17. The number of halogens is 6. The summed E-state index contributed by atoms with van der Waals surface area (Å²) in [7, 11) is 1.63. The Morgan fingerprint density at radius 3 is 1.72 bits per heavy atom. The van der Waals surface area contributed by atoms with Gasteiger partial charge in [0.1, 0.15) is 24.7 Å². The molecule has 0 aliphatic carbocycles. The van der Waals surface area contributed by atoms with Crippen LogP contribution in [-0.2, 0) is 10.9 Å². The minimum atomic E-state index is -4.63. The summed E-state index contributed by atoms with van der Waals surface area (Å²) in [6.45, 7) is 2.51. The summed E-state index contributed by atoms with van der Waals surface area (Å²) in [5.41, 5.74) is 12.6. The Labute approximate surface area is 339 Å². The fourth-order valence-electron chi connectivity index (χ4n) is 5.81. The molecule has 3 heterocycles. The first kappa shape index (κ1) is 41.2. The number of benzene rings is 4. The van der Waals surface area contributed by atoms with E-state index < -0.39 is 11.7 Å². The van der Waals surface area contributed by atoms with Crippen molar-refractivity contribution < 1.29 is 27.4 Å². The van der Waals surface area contributed by atoms with Gasteiger partial charge in [0.25, 0.3) is 0 Å². The van der Waals surface area contributed by atoms with Gasteiger partial charge in [-0.05, 0) is 79.0 Å². The molecule has 6 aromatic rings. The van der Waals surface area contributed by atoms with Gasteiger partial charge in [-0.25, -0.2) is 10.2 Å². The number of methoxy groups -OCH3 is 1. The Bertz CT molecular complexity index is 2230. The van der Waals surface area contributed by atoms with Gasteiger partial charge in [0.05, 0.1) is 27.2 Å². The molecule has 0 radical (unpaired) electrons. The maximum atomic E-state index is 13.8. The molecular weight excluding hydrogens is 810 g/mol. The van der Waals surface area contributed by atoms with E-state index in [-0.39, 0.29) is 34.1 Å². The predicted octanol–water partition coefficient (Wildman–Crippen LogP) is 8.73. The first-order valence-electron chi connectivity index (χ1n) is 17.3. The van der Waals surface area contributed by atoms with Crippen LogP contribution in [0.15, 0.2) is 72.8 Å². The molecule has 1 aliphatic heterocycles. The lowest BCUT2D eigenvalue weighted by atomic mass is 9.98. The quantitative estimate of drug-likeness (QED) is 0.0547. The van der Waals surface area contributed by atoms with Crippen molar-refractivity contribution in [3.8, 4) is 33.8 Å². The van der Waals surface area contributed by atoms with Gasteiger partial charge in [-0.2, -0.15) is 23.1 Å². The first-order chi connectivity index (χ1) is 27.4. The van der Waals surface area contributed by atoms with Crippen molar-refractivity contribution in [2.75, 3.05) is 55.6 Å². The molecule has 9 N–H and O–H groups in total. The second kappa shape index (κ2) is 18.7. The average molecular weight is 847 g/mol. The van der Waals surface area contributed by atoms with Crippen LogP contribution in [0.2, 0.25) is 15.1 Å². The zero-order chi connectivity index (χ0) is 40.5. The Kier molecular flexibility index (Phi) is 13.5. The smallest absolute Gasteiger partial charge is 0.417 e. The van der Waals surface area contributed by atoms with Crippen molar-refractivity contribution in [1.82, 2.24) is 35.7 Å². The van der Waals surface area contributed by atoms with Crippen molar-refractivity contribution in [2.24, 2.45) is 0 Å². The predicted molar refractivity (Wildman–Crippen MR) is 216 cm³/mol. The topological polar surface area (TPSA) is 199 Å². The largest absolute Gasteiger partial charge is 0.492 e. The Balaban J connectivity index is 0.000000196. The second-order valence-electron chi connectivity index (χ2n) is 12.5. The van der Waals surface area contributed by atoms with Crippen LogP contribution >= 0.6 is 34.8 Å². The molecule has 14 nitrogen and oxygen atoms in total. The zero-order valence-corrected chi connectivity index (χ0v) is 32.5. The molecule has 0 amide bonds. The fraction of sp³-hybridized carbons (Fsp3) is 0.243. The van der Waals surface area contributed by atoms with Crippen LogP contribution in [0.1, 0.15) is 18.4 Å². The number of rotatable bonds is 13. The summed E-state index contributed by atoms with van der Waals surface area (Å²) in [5, 5.41) is 22.5. The Hall–Kier alpha value is -5.46. The molecule has 0 bridgehead atoms. The van der Waals surface area contributed by atoms with E-state index in [1.54, 1.807) is 43.5 Å². The van der Waals surface area contributed by atoms with Gasteiger partial charge in [0.15, 0.2) is 0 Å². The van der Waals surface area contributed by atoms with Gasteiger partial charge in [0, 0.05) is 35.7 Å². The van der Waals surface area contributed by atoms with Crippen LogP contribution in [0, 0.1) is 0 Å². The van der Waals surface area contributed by atoms with Gasteiger partial charge in [-0.1, -0.05) is 59.1 Å². The number of aromatic amines is 2. The average Bonchev–Trinajstić information content (AvgIpc) is 3.94. The number of nitrogen functional groups attached to an aromatic ring is 2. The molecule has 300 valence electrons. The van der Waals surface area contributed by atoms with E-state index in [1.165, 1.54) is 6.07 Å². The monoisotopic (exact) mass is 845 g/mol.